The normalized spacial score (nSPS) is 17.1. The summed E-state index contributed by atoms with van der Waals surface area (Å²) in [6.07, 6.45) is 9.21. The first-order chi connectivity index (χ1) is 9.57. The van der Waals surface area contributed by atoms with Crippen LogP contribution in [0.15, 0.2) is 23.2 Å². The molecular formula is C14H22N2O3S. The molecule has 1 N–H and O–H groups in total. The zero-order chi connectivity index (χ0) is 14.4. The third-order valence-corrected chi connectivity index (χ3v) is 4.60. The fraction of sp³-hybridized carbons (Fsp3) is 0.643. The summed E-state index contributed by atoms with van der Waals surface area (Å²) in [5.41, 5.74) is 0. The van der Waals surface area contributed by atoms with Crippen LogP contribution in [-0.2, 0) is 14.6 Å². The van der Waals surface area contributed by atoms with Gasteiger partial charge in [0.25, 0.3) is 0 Å². The number of nitrogens with one attached hydrogen (secondary N) is 1. The van der Waals surface area contributed by atoms with E-state index < -0.39 is 9.84 Å². The highest BCUT2D eigenvalue weighted by Crippen LogP contribution is 2.20. The average molecular weight is 298 g/mol. The zero-order valence-electron chi connectivity index (χ0n) is 11.8. The van der Waals surface area contributed by atoms with Gasteiger partial charge in [0, 0.05) is 19.0 Å². The molecule has 2 rings (SSSR count). The van der Waals surface area contributed by atoms with E-state index in [2.05, 4.69) is 10.3 Å². The van der Waals surface area contributed by atoms with Gasteiger partial charge in [0.05, 0.1) is 12.7 Å². The zero-order valence-corrected chi connectivity index (χ0v) is 12.7. The lowest BCUT2D eigenvalue weighted by Crippen LogP contribution is -2.21. The molecule has 1 aliphatic rings. The smallest absolute Gasteiger partial charge is 0.179 e. The summed E-state index contributed by atoms with van der Waals surface area (Å²) in [4.78, 5) is 4.32. The first-order valence-electron chi connectivity index (χ1n) is 7.08. The van der Waals surface area contributed by atoms with Gasteiger partial charge in [-0.05, 0) is 25.0 Å². The molecule has 112 valence electrons. The van der Waals surface area contributed by atoms with Crippen molar-refractivity contribution in [3.8, 4) is 0 Å². The van der Waals surface area contributed by atoms with Crippen LogP contribution in [0.4, 0.5) is 5.82 Å². The van der Waals surface area contributed by atoms with Gasteiger partial charge in [0.15, 0.2) is 9.84 Å². The van der Waals surface area contributed by atoms with Crippen LogP contribution in [0.2, 0.25) is 0 Å². The van der Waals surface area contributed by atoms with Gasteiger partial charge in [-0.1, -0.05) is 19.3 Å². The van der Waals surface area contributed by atoms with Gasteiger partial charge in [0.1, 0.15) is 10.7 Å². The van der Waals surface area contributed by atoms with Gasteiger partial charge in [-0.15, -0.1) is 0 Å². The Bertz CT molecular complexity index is 525. The number of hydrogen-bond acceptors (Lipinski definition) is 5. The van der Waals surface area contributed by atoms with E-state index in [1.807, 2.05) is 0 Å². The van der Waals surface area contributed by atoms with Gasteiger partial charge in [-0.2, -0.15) is 0 Å². The Morgan fingerprint density at radius 3 is 2.80 bits per heavy atom. The Kier molecular flexibility index (Phi) is 5.37. The van der Waals surface area contributed by atoms with E-state index in [-0.39, 0.29) is 4.90 Å². The lowest BCUT2D eigenvalue weighted by molar-refractivity contribution is 0.0347. The fourth-order valence-electron chi connectivity index (χ4n) is 2.45. The van der Waals surface area contributed by atoms with Crippen molar-refractivity contribution in [3.05, 3.63) is 18.3 Å². The molecule has 0 spiro atoms. The maximum Gasteiger partial charge on any atom is 0.179 e. The van der Waals surface area contributed by atoms with E-state index in [4.69, 9.17) is 4.74 Å². The van der Waals surface area contributed by atoms with E-state index in [1.54, 1.807) is 18.3 Å². The highest BCUT2D eigenvalue weighted by atomic mass is 32.2. The molecule has 1 saturated carbocycles. The van der Waals surface area contributed by atoms with Gasteiger partial charge < -0.3 is 10.1 Å². The predicted molar refractivity (Wildman–Crippen MR) is 78.7 cm³/mol. The largest absolute Gasteiger partial charge is 0.376 e. The topological polar surface area (TPSA) is 68.3 Å². The van der Waals surface area contributed by atoms with Crippen LogP contribution in [0.25, 0.3) is 0 Å². The molecule has 0 unspecified atom stereocenters. The fourth-order valence-corrected chi connectivity index (χ4v) is 3.25. The van der Waals surface area contributed by atoms with Crippen LogP contribution in [0.3, 0.4) is 0 Å². The van der Waals surface area contributed by atoms with E-state index >= 15 is 0 Å². The highest BCUT2D eigenvalue weighted by Gasteiger charge is 2.15. The lowest BCUT2D eigenvalue weighted by Gasteiger charge is -2.22. The van der Waals surface area contributed by atoms with Gasteiger partial charge in [0.2, 0.25) is 0 Å². The molecule has 6 heteroatoms. The summed E-state index contributed by atoms with van der Waals surface area (Å²) < 4.78 is 29.0. The molecule has 1 heterocycles. The Morgan fingerprint density at radius 1 is 1.35 bits per heavy atom. The van der Waals surface area contributed by atoms with Gasteiger partial charge >= 0.3 is 0 Å². The van der Waals surface area contributed by atoms with Crippen LogP contribution in [-0.4, -0.2) is 38.9 Å². The molecule has 0 aromatic carbocycles. The first kappa shape index (κ1) is 15.3. The van der Waals surface area contributed by atoms with Crippen molar-refractivity contribution < 1.29 is 13.2 Å². The van der Waals surface area contributed by atoms with E-state index in [9.17, 15) is 8.42 Å². The van der Waals surface area contributed by atoms with Crippen molar-refractivity contribution in [1.82, 2.24) is 4.98 Å². The summed E-state index contributed by atoms with van der Waals surface area (Å²) in [6.45, 7) is 1.14. The minimum atomic E-state index is -3.26. The summed E-state index contributed by atoms with van der Waals surface area (Å²) in [6, 6.07) is 3.19. The Balaban J connectivity index is 1.82. The van der Waals surface area contributed by atoms with Crippen molar-refractivity contribution in [2.24, 2.45) is 0 Å². The molecule has 1 fully saturated rings. The summed E-state index contributed by atoms with van der Waals surface area (Å²) in [5, 5.41) is 3.04. The average Bonchev–Trinajstić information content (AvgIpc) is 2.44. The molecule has 1 aromatic heterocycles. The number of pyridine rings is 1. The van der Waals surface area contributed by atoms with Crippen molar-refractivity contribution in [2.45, 2.75) is 43.1 Å². The first-order valence-corrected chi connectivity index (χ1v) is 8.97. The molecule has 5 nitrogen and oxygen atoms in total. The van der Waals surface area contributed by atoms with Crippen LogP contribution < -0.4 is 5.32 Å². The second-order valence-corrected chi connectivity index (χ2v) is 7.16. The Hall–Kier alpha value is -1.14. The van der Waals surface area contributed by atoms with E-state index in [1.165, 1.54) is 25.5 Å². The molecule has 0 aliphatic heterocycles. The van der Waals surface area contributed by atoms with Gasteiger partial charge in [-0.3, -0.25) is 0 Å². The maximum absolute atomic E-state index is 11.6. The number of ether oxygens (including phenoxy) is 1. The van der Waals surface area contributed by atoms with Crippen LogP contribution >= 0.6 is 0 Å². The van der Waals surface area contributed by atoms with Crippen molar-refractivity contribution in [2.75, 3.05) is 24.7 Å². The number of nitrogens with zero attached hydrogens (tertiary/aromatic N) is 1. The molecule has 0 saturated heterocycles. The SMILES string of the molecule is CS(=O)(=O)c1cccnc1NCCOC1CCCCC1. The molecule has 1 aliphatic carbocycles. The van der Waals surface area contributed by atoms with Gasteiger partial charge in [-0.25, -0.2) is 13.4 Å². The van der Waals surface area contributed by atoms with Crippen molar-refractivity contribution in [1.29, 1.82) is 0 Å². The van der Waals surface area contributed by atoms with Crippen molar-refractivity contribution >= 4 is 15.7 Å². The monoisotopic (exact) mass is 298 g/mol. The molecule has 0 radical (unpaired) electrons. The van der Waals surface area contributed by atoms with Crippen molar-refractivity contribution in [3.63, 3.8) is 0 Å². The number of aromatic nitrogens is 1. The summed E-state index contributed by atoms with van der Waals surface area (Å²) in [7, 11) is -3.26. The second-order valence-electron chi connectivity index (χ2n) is 5.18. The number of anilines is 1. The summed E-state index contributed by atoms with van der Waals surface area (Å²) >= 11 is 0. The third kappa shape index (κ3) is 4.45. The number of sulfone groups is 1. The molecule has 1 aromatic rings. The highest BCUT2D eigenvalue weighted by molar-refractivity contribution is 7.90. The standard InChI is InChI=1S/C14H22N2O3S/c1-20(17,18)13-8-5-9-15-14(13)16-10-11-19-12-6-3-2-4-7-12/h5,8-9,12H,2-4,6-7,10-11H2,1H3,(H,15,16). The molecule has 0 atom stereocenters. The summed E-state index contributed by atoms with van der Waals surface area (Å²) in [5.74, 6) is 0.405. The maximum atomic E-state index is 11.6. The number of hydrogen-bond donors (Lipinski definition) is 1. The molecular weight excluding hydrogens is 276 g/mol. The van der Waals surface area contributed by atoms with Crippen LogP contribution in [0.1, 0.15) is 32.1 Å². The molecule has 0 bridgehead atoms. The molecule has 20 heavy (non-hydrogen) atoms. The second kappa shape index (κ2) is 7.04. The number of rotatable bonds is 6. The predicted octanol–water partition coefficient (Wildman–Crippen LogP) is 2.25. The lowest BCUT2D eigenvalue weighted by atomic mass is 9.98. The quantitative estimate of drug-likeness (QED) is 0.816. The van der Waals surface area contributed by atoms with Crippen LogP contribution in [0, 0.1) is 0 Å². The Labute approximate surface area is 120 Å². The van der Waals surface area contributed by atoms with E-state index in [0.29, 0.717) is 25.1 Å². The van der Waals surface area contributed by atoms with E-state index in [0.717, 1.165) is 12.8 Å². The Morgan fingerprint density at radius 2 is 2.10 bits per heavy atom. The van der Waals surface area contributed by atoms with Crippen LogP contribution in [0.5, 0.6) is 0 Å². The minimum Gasteiger partial charge on any atom is -0.376 e. The minimum absolute atomic E-state index is 0.234. The molecule has 0 amide bonds. The third-order valence-electron chi connectivity index (χ3n) is 3.47.